The van der Waals surface area contributed by atoms with Gasteiger partial charge in [-0.2, -0.15) is 9.98 Å². The van der Waals surface area contributed by atoms with E-state index in [0.717, 1.165) is 41.7 Å². The second-order valence-electron chi connectivity index (χ2n) is 14.5. The Morgan fingerprint density at radius 2 is 1.18 bits per heavy atom. The highest BCUT2D eigenvalue weighted by Crippen LogP contribution is 2.44. The minimum atomic E-state index is -4.66. The maximum Gasteiger partial charge on any atom is 0.340 e. The molecule has 71 heavy (non-hydrogen) atoms. The molecule has 1 unspecified atom stereocenters. The van der Waals surface area contributed by atoms with Crippen LogP contribution in [0.4, 0.5) is 0 Å². The standard InChI is InChI=1S/C22H28N5O7PS2.C16H22N7O7PS2.ClH/c1-15-18-10-19(32-8-2-6-23)20(33-9-3-7-24)11-21(18)36-22(15)37(30,31)27-14-35(28,29)34-17-5-4-16(12-25)26-13-17;1-11-12-8-13(29-6-2-4-19-22-17)14(30-7-3-5-20-23-18)9-15(12)32-16(11)33(27,28)21-10-31(24,25)26;/h4-5,10-11,13,27H,2-3,6-9,14,23-24H2,1H3,(H,28,29);8-9,21H,2-7,10H2,1H3,(H2,24,25,26);1H. The summed E-state index contributed by atoms with van der Waals surface area (Å²) in [6, 6.07) is 11.1. The molecule has 0 bridgehead atoms. The fourth-order valence-electron chi connectivity index (χ4n) is 5.82. The van der Waals surface area contributed by atoms with Crippen molar-refractivity contribution in [2.45, 2.75) is 47.9 Å². The number of pyridine rings is 1. The van der Waals surface area contributed by atoms with Crippen LogP contribution in [-0.4, -0.2) is 96.8 Å². The van der Waals surface area contributed by atoms with Gasteiger partial charge in [0.1, 0.15) is 32.2 Å². The lowest BCUT2D eigenvalue weighted by Crippen LogP contribution is -3.00. The van der Waals surface area contributed by atoms with E-state index in [2.05, 4.69) is 41.2 Å². The molecule has 0 spiro atoms. The summed E-state index contributed by atoms with van der Waals surface area (Å²) < 4.78 is 108. The summed E-state index contributed by atoms with van der Waals surface area (Å²) in [7, 11) is -17.6. The van der Waals surface area contributed by atoms with Crippen molar-refractivity contribution in [3.05, 3.63) is 80.3 Å². The van der Waals surface area contributed by atoms with Gasteiger partial charge in [0.15, 0.2) is 30.6 Å². The number of sulfonamides is 2. The largest absolute Gasteiger partial charge is 1.00 e. The lowest BCUT2D eigenvalue weighted by Gasteiger charge is -2.23. The number of fused-ring (bicyclic) bond motifs is 2. The molecule has 388 valence electrons. The minimum Gasteiger partial charge on any atom is -1.00 e. The Kier molecular flexibility index (Phi) is 24.0. The number of aromatic nitrogens is 1. The topological polar surface area (TPSA) is 426 Å². The molecule has 0 saturated carbocycles. The van der Waals surface area contributed by atoms with Crippen LogP contribution >= 0.6 is 37.9 Å². The maximum absolute atomic E-state index is 13.1. The number of aryl methyl sites for hydroxylation is 2. The zero-order chi connectivity index (χ0) is 51.5. The summed E-state index contributed by atoms with van der Waals surface area (Å²) in [4.78, 5) is 39.4. The zero-order valence-electron chi connectivity index (χ0n) is 38.1. The van der Waals surface area contributed by atoms with Crippen LogP contribution in [0.15, 0.2) is 61.2 Å². The molecule has 26 nitrogen and oxygen atoms in total. The minimum absolute atomic E-state index is 0. The molecular weight excluding hydrogens is 1070 g/mol. The fraction of sp³-hybridized carbons (Fsp3) is 0.421. The first-order valence-electron chi connectivity index (χ1n) is 20.8. The number of nitriles is 1. The quantitative estimate of drug-likeness (QED) is 0.0134. The molecule has 5 rings (SSSR count). The average Bonchev–Trinajstić information content (AvgIpc) is 3.83. The Labute approximate surface area is 422 Å². The van der Waals surface area contributed by atoms with E-state index in [-0.39, 0.29) is 58.6 Å². The molecule has 3 aromatic heterocycles. The Bertz CT molecular complexity index is 3070. The smallest absolute Gasteiger partial charge is 0.340 e. The lowest BCUT2D eigenvalue weighted by atomic mass is 10.2. The van der Waals surface area contributed by atoms with Crippen molar-refractivity contribution in [2.24, 2.45) is 10.2 Å². The van der Waals surface area contributed by atoms with Gasteiger partial charge in [-0.3, -0.25) is 9.13 Å². The van der Waals surface area contributed by atoms with Crippen LogP contribution in [0.2, 0.25) is 0 Å². The molecule has 0 aliphatic rings. The third kappa shape index (κ3) is 18.5. The van der Waals surface area contributed by atoms with Crippen LogP contribution in [0, 0.1) is 25.2 Å². The lowest BCUT2D eigenvalue weighted by molar-refractivity contribution is -0.369. The molecule has 0 fully saturated rings. The zero-order valence-corrected chi connectivity index (χ0v) is 43.9. The van der Waals surface area contributed by atoms with Crippen LogP contribution in [0.3, 0.4) is 0 Å². The number of nitrogens with zero attached hydrogens (tertiary/aromatic N) is 8. The van der Waals surface area contributed by atoms with Crippen molar-refractivity contribution in [3.8, 4) is 34.8 Å². The van der Waals surface area contributed by atoms with E-state index in [4.69, 9.17) is 49.6 Å². The SMILES string of the molecule is Cc1c(S(=O)(=O)NCP(=O)(O)O)sc2cc(OCCCN=[N+]=[N-])c(OCCCN=[N+]=[N-])cc12.Cc1c(S(=O)(=O)NCP(=O)([O-])Oc2ccc(C#N)nc2)sc2cc(OCCC[NH3+])c(OCCC[NH3+])cc12.[Cl-]. The second kappa shape index (κ2) is 28.3. The van der Waals surface area contributed by atoms with Gasteiger partial charge in [0.25, 0.3) is 20.0 Å². The van der Waals surface area contributed by atoms with E-state index >= 15 is 0 Å². The van der Waals surface area contributed by atoms with Gasteiger partial charge in [-0.05, 0) is 73.1 Å². The van der Waals surface area contributed by atoms with E-state index in [0.29, 0.717) is 93.4 Å². The Morgan fingerprint density at radius 1 is 0.761 bits per heavy atom. The number of nitrogens with one attached hydrogen (secondary N) is 2. The first-order chi connectivity index (χ1) is 33.2. The number of thiophene rings is 2. The van der Waals surface area contributed by atoms with Crippen molar-refractivity contribution in [1.82, 2.24) is 14.4 Å². The first-order valence-corrected chi connectivity index (χ1v) is 29.0. The van der Waals surface area contributed by atoms with Gasteiger partial charge < -0.3 is 62.0 Å². The summed E-state index contributed by atoms with van der Waals surface area (Å²) in [5.74, 6) is 1.56. The van der Waals surface area contributed by atoms with E-state index in [1.54, 1.807) is 44.2 Å². The van der Waals surface area contributed by atoms with Crippen LogP contribution in [0.1, 0.15) is 42.5 Å². The molecular formula is C38H51ClN12O14P2S4. The Balaban J connectivity index is 0.000000373. The molecule has 2 aromatic carbocycles. The number of quaternary nitrogens is 2. The normalized spacial score (nSPS) is 12.3. The summed E-state index contributed by atoms with van der Waals surface area (Å²) >= 11 is 1.92. The van der Waals surface area contributed by atoms with Crippen molar-refractivity contribution in [2.75, 3.05) is 65.2 Å². The number of hydrogen-bond acceptors (Lipinski definition) is 18. The molecule has 3 heterocycles. The molecule has 33 heteroatoms. The number of hydrogen-bond donors (Lipinski definition) is 6. The number of rotatable bonds is 28. The van der Waals surface area contributed by atoms with Crippen LogP contribution in [-0.2, 0) is 29.2 Å². The average molecular weight is 1130 g/mol. The number of halogens is 1. The molecule has 0 amide bonds. The Hall–Kier alpha value is -5.01. The third-order valence-corrected chi connectivity index (χ3v) is 17.7. The fourth-order valence-corrected chi connectivity index (χ4v) is 13.9. The highest BCUT2D eigenvalue weighted by Gasteiger charge is 2.27. The highest BCUT2D eigenvalue weighted by molar-refractivity contribution is 7.92. The van der Waals surface area contributed by atoms with Crippen molar-refractivity contribution in [1.29, 1.82) is 5.26 Å². The summed E-state index contributed by atoms with van der Waals surface area (Å²) in [6.07, 6.45) is 1.49. The van der Waals surface area contributed by atoms with E-state index in [1.165, 1.54) is 12.1 Å². The first kappa shape index (κ1) is 60.3. The molecule has 0 aliphatic heterocycles. The second-order valence-corrected chi connectivity index (χ2v) is 23.9. The van der Waals surface area contributed by atoms with E-state index < -0.39 is 47.8 Å². The van der Waals surface area contributed by atoms with Crippen molar-refractivity contribution < 1.29 is 88.0 Å². The van der Waals surface area contributed by atoms with Crippen LogP contribution in [0.5, 0.6) is 28.7 Å². The molecule has 0 aliphatic carbocycles. The van der Waals surface area contributed by atoms with Gasteiger partial charge in [0, 0.05) is 68.1 Å². The molecule has 1 atom stereocenters. The molecule has 5 aromatic rings. The van der Waals surface area contributed by atoms with Crippen LogP contribution in [0.25, 0.3) is 41.1 Å². The highest BCUT2D eigenvalue weighted by atomic mass is 35.5. The number of ether oxygens (including phenoxy) is 4. The maximum atomic E-state index is 13.1. The summed E-state index contributed by atoms with van der Waals surface area (Å²) in [6.45, 7) is 6.44. The van der Waals surface area contributed by atoms with E-state index in [9.17, 15) is 30.9 Å². The summed E-state index contributed by atoms with van der Waals surface area (Å²) in [5.41, 5.74) is 25.2. The van der Waals surface area contributed by atoms with Gasteiger partial charge in [-0.1, -0.05) is 10.2 Å². The molecule has 0 saturated heterocycles. The van der Waals surface area contributed by atoms with Crippen molar-refractivity contribution in [3.63, 3.8) is 0 Å². The van der Waals surface area contributed by atoms with Gasteiger partial charge >= 0.3 is 7.60 Å². The molecule has 10 N–H and O–H groups in total. The monoisotopic (exact) mass is 1120 g/mol. The summed E-state index contributed by atoms with van der Waals surface area (Å²) in [5, 5.41) is 16.9. The van der Waals surface area contributed by atoms with Gasteiger partial charge in [-0.25, -0.2) is 26.5 Å². The molecule has 0 radical (unpaired) electrons. The van der Waals surface area contributed by atoms with Crippen LogP contribution < -0.4 is 61.7 Å². The van der Waals surface area contributed by atoms with Gasteiger partial charge in [-0.15, -0.1) is 22.7 Å². The van der Waals surface area contributed by atoms with Crippen molar-refractivity contribution >= 4 is 78.1 Å². The number of benzene rings is 2. The predicted octanol–water partition coefficient (Wildman–Crippen LogP) is 1.15. The number of azide groups is 2. The van der Waals surface area contributed by atoms with Gasteiger partial charge in [0.05, 0.1) is 52.0 Å². The van der Waals surface area contributed by atoms with E-state index in [1.807, 2.05) is 4.72 Å². The Morgan fingerprint density at radius 3 is 1.56 bits per heavy atom. The predicted molar refractivity (Wildman–Crippen MR) is 257 cm³/mol. The third-order valence-electron chi connectivity index (χ3n) is 9.16. The van der Waals surface area contributed by atoms with Gasteiger partial charge in [0.2, 0.25) is 0 Å².